The van der Waals surface area contributed by atoms with Gasteiger partial charge in [-0.3, -0.25) is 0 Å². The maximum absolute atomic E-state index is 13.6. The van der Waals surface area contributed by atoms with Crippen LogP contribution in [0, 0.1) is 5.82 Å². The van der Waals surface area contributed by atoms with E-state index in [-0.39, 0.29) is 5.82 Å². The molecule has 0 heterocycles. The molecule has 0 radical (unpaired) electrons. The lowest BCUT2D eigenvalue weighted by molar-refractivity contribution is 0.496. The second kappa shape index (κ2) is 4.17. The third kappa shape index (κ3) is 2.94. The molecule has 78 valence electrons. The van der Waals surface area contributed by atoms with Crippen molar-refractivity contribution in [2.24, 2.45) is 5.73 Å². The predicted molar refractivity (Wildman–Crippen MR) is 61.1 cm³/mol. The Morgan fingerprint density at radius 3 is 2.57 bits per heavy atom. The summed E-state index contributed by atoms with van der Waals surface area (Å²) >= 11 is 9.00. The Kier molecular flexibility index (Phi) is 3.56. The molecule has 0 aliphatic rings. The van der Waals surface area contributed by atoms with Crippen LogP contribution in [0.3, 0.4) is 0 Å². The molecule has 14 heavy (non-hydrogen) atoms. The van der Waals surface area contributed by atoms with Crippen molar-refractivity contribution in [3.05, 3.63) is 33.0 Å². The van der Waals surface area contributed by atoms with Crippen molar-refractivity contribution < 1.29 is 4.39 Å². The van der Waals surface area contributed by atoms with Crippen LogP contribution in [0.1, 0.15) is 19.4 Å². The normalized spacial score (nSPS) is 11.9. The number of halogens is 3. The van der Waals surface area contributed by atoms with Gasteiger partial charge < -0.3 is 5.73 Å². The molecule has 0 amide bonds. The van der Waals surface area contributed by atoms with E-state index >= 15 is 0 Å². The van der Waals surface area contributed by atoms with Gasteiger partial charge in [0.1, 0.15) is 5.82 Å². The molecule has 0 aliphatic heterocycles. The van der Waals surface area contributed by atoms with Crippen LogP contribution >= 0.6 is 27.5 Å². The van der Waals surface area contributed by atoms with Crippen molar-refractivity contribution in [3.63, 3.8) is 0 Å². The van der Waals surface area contributed by atoms with Gasteiger partial charge in [-0.25, -0.2) is 4.39 Å². The monoisotopic (exact) mass is 279 g/mol. The fourth-order valence-electron chi connectivity index (χ4n) is 1.19. The number of hydrogen-bond acceptors (Lipinski definition) is 1. The van der Waals surface area contributed by atoms with E-state index in [1.165, 1.54) is 0 Å². The molecule has 0 saturated heterocycles. The van der Waals surface area contributed by atoms with Crippen LogP contribution in [0.5, 0.6) is 0 Å². The Bertz CT molecular complexity index is 347. The average Bonchev–Trinajstić information content (AvgIpc) is 2.04. The lowest BCUT2D eigenvalue weighted by Gasteiger charge is -2.19. The van der Waals surface area contributed by atoms with Gasteiger partial charge in [0.05, 0.1) is 4.47 Å². The molecule has 1 aromatic rings. The van der Waals surface area contributed by atoms with Gasteiger partial charge in [0.25, 0.3) is 0 Å². The first-order chi connectivity index (χ1) is 6.31. The van der Waals surface area contributed by atoms with Crippen molar-refractivity contribution in [2.45, 2.75) is 25.8 Å². The molecular formula is C10H12BrClFN. The Labute approximate surface area is 96.6 Å². The summed E-state index contributed by atoms with van der Waals surface area (Å²) in [6, 6.07) is 3.25. The molecular weight excluding hydrogens is 268 g/mol. The molecule has 0 unspecified atom stereocenters. The number of benzene rings is 1. The van der Waals surface area contributed by atoms with Crippen LogP contribution < -0.4 is 5.73 Å². The Morgan fingerprint density at radius 2 is 2.07 bits per heavy atom. The molecule has 0 aliphatic carbocycles. The first-order valence-electron chi connectivity index (χ1n) is 4.22. The Morgan fingerprint density at radius 1 is 1.50 bits per heavy atom. The van der Waals surface area contributed by atoms with E-state index in [4.69, 9.17) is 17.3 Å². The summed E-state index contributed by atoms with van der Waals surface area (Å²) in [5.41, 5.74) is 5.81. The van der Waals surface area contributed by atoms with E-state index in [2.05, 4.69) is 15.9 Å². The highest BCUT2D eigenvalue weighted by atomic mass is 79.9. The summed E-state index contributed by atoms with van der Waals surface area (Å²) in [6.45, 7) is 3.67. The minimum atomic E-state index is -0.467. The summed E-state index contributed by atoms with van der Waals surface area (Å²) in [5, 5.41) is 0.421. The summed E-state index contributed by atoms with van der Waals surface area (Å²) < 4.78 is 14.0. The van der Waals surface area contributed by atoms with E-state index < -0.39 is 5.54 Å². The SMILES string of the molecule is CC(C)(N)Cc1c(Cl)ccc(Br)c1F. The third-order valence-corrected chi connectivity index (χ3v) is 2.74. The Hall–Kier alpha value is -0.120. The van der Waals surface area contributed by atoms with Gasteiger partial charge in [-0.1, -0.05) is 11.6 Å². The fourth-order valence-corrected chi connectivity index (χ4v) is 1.77. The van der Waals surface area contributed by atoms with Crippen LogP contribution in [0.15, 0.2) is 16.6 Å². The van der Waals surface area contributed by atoms with Crippen molar-refractivity contribution in [2.75, 3.05) is 0 Å². The van der Waals surface area contributed by atoms with Crippen molar-refractivity contribution >= 4 is 27.5 Å². The summed E-state index contributed by atoms with van der Waals surface area (Å²) in [4.78, 5) is 0. The second-order valence-corrected chi connectivity index (χ2v) is 5.25. The van der Waals surface area contributed by atoms with Gasteiger partial charge in [0, 0.05) is 16.1 Å². The van der Waals surface area contributed by atoms with Gasteiger partial charge >= 0.3 is 0 Å². The molecule has 1 rings (SSSR count). The van der Waals surface area contributed by atoms with Gasteiger partial charge in [-0.15, -0.1) is 0 Å². The first kappa shape index (κ1) is 12.0. The largest absolute Gasteiger partial charge is 0.325 e. The Balaban J connectivity index is 3.13. The highest BCUT2D eigenvalue weighted by Crippen LogP contribution is 2.28. The van der Waals surface area contributed by atoms with Crippen molar-refractivity contribution in [3.8, 4) is 0 Å². The topological polar surface area (TPSA) is 26.0 Å². The minimum Gasteiger partial charge on any atom is -0.325 e. The smallest absolute Gasteiger partial charge is 0.142 e. The van der Waals surface area contributed by atoms with Gasteiger partial charge in [-0.2, -0.15) is 0 Å². The molecule has 0 atom stereocenters. The van der Waals surface area contributed by atoms with E-state index in [0.717, 1.165) is 0 Å². The van der Waals surface area contributed by atoms with E-state index in [9.17, 15) is 4.39 Å². The van der Waals surface area contributed by atoms with Crippen molar-refractivity contribution in [1.82, 2.24) is 0 Å². The molecule has 1 nitrogen and oxygen atoms in total. The first-order valence-corrected chi connectivity index (χ1v) is 5.39. The van der Waals surface area contributed by atoms with Gasteiger partial charge in [-0.05, 0) is 48.3 Å². The van der Waals surface area contributed by atoms with E-state index in [0.29, 0.717) is 21.5 Å². The fraction of sp³-hybridized carbons (Fsp3) is 0.400. The lowest BCUT2D eigenvalue weighted by Crippen LogP contribution is -2.34. The molecule has 1 aromatic carbocycles. The summed E-state index contributed by atoms with van der Waals surface area (Å²) in [5.74, 6) is -0.323. The van der Waals surface area contributed by atoms with E-state index in [1.54, 1.807) is 12.1 Å². The van der Waals surface area contributed by atoms with Crippen LogP contribution in [0.2, 0.25) is 5.02 Å². The predicted octanol–water partition coefficient (Wildman–Crippen LogP) is 3.52. The zero-order valence-electron chi connectivity index (χ0n) is 8.07. The third-order valence-electron chi connectivity index (χ3n) is 1.77. The molecule has 4 heteroatoms. The van der Waals surface area contributed by atoms with Crippen LogP contribution in [-0.2, 0) is 6.42 Å². The molecule has 0 saturated carbocycles. The summed E-state index contributed by atoms with van der Waals surface area (Å²) in [7, 11) is 0. The maximum Gasteiger partial charge on any atom is 0.142 e. The van der Waals surface area contributed by atoms with Crippen LogP contribution in [0.4, 0.5) is 4.39 Å². The quantitative estimate of drug-likeness (QED) is 0.824. The molecule has 0 aromatic heterocycles. The molecule has 0 fully saturated rings. The summed E-state index contributed by atoms with van der Waals surface area (Å²) in [6.07, 6.45) is 0.414. The van der Waals surface area contributed by atoms with Gasteiger partial charge in [0.15, 0.2) is 0 Å². The number of rotatable bonds is 2. The van der Waals surface area contributed by atoms with Gasteiger partial charge in [0.2, 0.25) is 0 Å². The zero-order valence-corrected chi connectivity index (χ0v) is 10.4. The number of hydrogen-bond donors (Lipinski definition) is 1. The highest BCUT2D eigenvalue weighted by molar-refractivity contribution is 9.10. The molecule has 2 N–H and O–H groups in total. The van der Waals surface area contributed by atoms with Crippen LogP contribution in [-0.4, -0.2) is 5.54 Å². The van der Waals surface area contributed by atoms with Crippen molar-refractivity contribution in [1.29, 1.82) is 0 Å². The standard InChI is InChI=1S/C10H12BrClFN/c1-10(2,14)5-6-8(12)4-3-7(11)9(6)13/h3-4H,5,14H2,1-2H3. The maximum atomic E-state index is 13.6. The second-order valence-electron chi connectivity index (χ2n) is 3.99. The zero-order chi connectivity index (χ0) is 10.9. The molecule has 0 bridgehead atoms. The lowest BCUT2D eigenvalue weighted by atomic mass is 9.96. The highest BCUT2D eigenvalue weighted by Gasteiger charge is 2.18. The minimum absolute atomic E-state index is 0.323. The molecule has 0 spiro atoms. The average molecular weight is 281 g/mol. The van der Waals surface area contributed by atoms with E-state index in [1.807, 2.05) is 13.8 Å². The number of nitrogens with two attached hydrogens (primary N) is 1. The van der Waals surface area contributed by atoms with Crippen LogP contribution in [0.25, 0.3) is 0 Å².